The Kier molecular flexibility index (Phi) is 4.40. The van der Waals surface area contributed by atoms with Crippen molar-refractivity contribution >= 4 is 17.2 Å². The van der Waals surface area contributed by atoms with Gasteiger partial charge in [0.25, 0.3) is 11.9 Å². The maximum Gasteiger partial charge on any atom is 0.255 e. The Labute approximate surface area is 171 Å². The molecule has 29 heavy (non-hydrogen) atoms. The maximum atomic E-state index is 12.6. The number of thiazole rings is 1. The fraction of sp³-hybridized carbons (Fsp3) is 0.190. The van der Waals surface area contributed by atoms with Gasteiger partial charge in [0, 0.05) is 23.3 Å². The molecule has 0 saturated carbocycles. The second-order valence-corrected chi connectivity index (χ2v) is 7.84. The first-order valence-corrected chi connectivity index (χ1v) is 10.2. The van der Waals surface area contributed by atoms with E-state index < -0.39 is 0 Å². The minimum atomic E-state index is -0.188. The van der Waals surface area contributed by atoms with E-state index in [9.17, 15) is 4.79 Å². The van der Waals surface area contributed by atoms with E-state index in [4.69, 9.17) is 4.98 Å². The Morgan fingerprint density at radius 3 is 2.90 bits per heavy atom. The van der Waals surface area contributed by atoms with Crippen molar-refractivity contribution in [2.24, 2.45) is 0 Å². The molecule has 5 rings (SSSR count). The van der Waals surface area contributed by atoms with Gasteiger partial charge >= 0.3 is 0 Å². The van der Waals surface area contributed by atoms with E-state index in [-0.39, 0.29) is 5.91 Å². The van der Waals surface area contributed by atoms with E-state index in [0.717, 1.165) is 34.7 Å². The minimum Gasteiger partial charge on any atom is -0.345 e. The standard InChI is InChI=1S/C21H18N6OS/c1-13-17(20(28)23-12-18-22-8-9-29-18)11-25-27(13)21-24-10-15-7-6-14-4-2-3-5-16(14)19(15)26-21/h2-5,8-11H,6-7,12H2,1H3,(H,23,28). The lowest BCUT2D eigenvalue weighted by Gasteiger charge is -2.18. The van der Waals surface area contributed by atoms with Gasteiger partial charge in [0.15, 0.2) is 0 Å². The van der Waals surface area contributed by atoms with Crippen LogP contribution in [0.25, 0.3) is 17.2 Å². The van der Waals surface area contributed by atoms with Crippen LogP contribution in [0, 0.1) is 6.92 Å². The van der Waals surface area contributed by atoms with Gasteiger partial charge in [0.1, 0.15) is 5.01 Å². The number of nitrogens with one attached hydrogen (secondary N) is 1. The van der Waals surface area contributed by atoms with Crippen LogP contribution in [0.2, 0.25) is 0 Å². The molecule has 3 heterocycles. The van der Waals surface area contributed by atoms with Gasteiger partial charge in [-0.1, -0.05) is 24.3 Å². The van der Waals surface area contributed by atoms with Crippen LogP contribution in [0.3, 0.4) is 0 Å². The van der Waals surface area contributed by atoms with E-state index in [2.05, 4.69) is 38.6 Å². The lowest BCUT2D eigenvalue weighted by atomic mass is 9.90. The minimum absolute atomic E-state index is 0.188. The van der Waals surface area contributed by atoms with Gasteiger partial charge in [-0.25, -0.2) is 19.6 Å². The molecule has 0 aliphatic heterocycles. The van der Waals surface area contributed by atoms with Crippen LogP contribution < -0.4 is 5.32 Å². The van der Waals surface area contributed by atoms with Crippen LogP contribution in [0.5, 0.6) is 0 Å². The van der Waals surface area contributed by atoms with Crippen LogP contribution in [0.15, 0.2) is 48.2 Å². The molecule has 1 N–H and O–H groups in total. The van der Waals surface area contributed by atoms with E-state index >= 15 is 0 Å². The molecule has 0 radical (unpaired) electrons. The first kappa shape index (κ1) is 17.7. The molecular weight excluding hydrogens is 384 g/mol. The number of aromatic nitrogens is 5. The van der Waals surface area contributed by atoms with Crippen LogP contribution in [0.4, 0.5) is 0 Å². The number of hydrogen-bond donors (Lipinski definition) is 1. The lowest BCUT2D eigenvalue weighted by molar-refractivity contribution is 0.0950. The molecule has 144 valence electrons. The second-order valence-electron chi connectivity index (χ2n) is 6.86. The SMILES string of the molecule is Cc1c(C(=O)NCc2nccs2)cnn1-c1ncc2c(n1)-c1ccccc1CC2. The zero-order valence-corrected chi connectivity index (χ0v) is 16.6. The molecular formula is C21H18N6OS. The lowest BCUT2D eigenvalue weighted by Crippen LogP contribution is -2.23. The van der Waals surface area contributed by atoms with Crippen molar-refractivity contribution in [1.82, 2.24) is 30.0 Å². The molecule has 0 saturated heterocycles. The molecule has 1 aromatic carbocycles. The summed E-state index contributed by atoms with van der Waals surface area (Å²) in [5, 5.41) is 10.0. The quantitative estimate of drug-likeness (QED) is 0.567. The Hall–Kier alpha value is -3.39. The van der Waals surface area contributed by atoms with Gasteiger partial charge in [-0.05, 0) is 30.9 Å². The number of nitrogens with zero attached hydrogens (tertiary/aromatic N) is 5. The highest BCUT2D eigenvalue weighted by molar-refractivity contribution is 7.09. The van der Waals surface area contributed by atoms with Gasteiger partial charge in [0.05, 0.1) is 29.7 Å². The molecule has 7 nitrogen and oxygen atoms in total. The van der Waals surface area contributed by atoms with Gasteiger partial charge in [0.2, 0.25) is 0 Å². The van der Waals surface area contributed by atoms with Crippen LogP contribution in [-0.4, -0.2) is 30.6 Å². The van der Waals surface area contributed by atoms with E-state index in [1.165, 1.54) is 16.9 Å². The molecule has 1 aliphatic rings. The third-order valence-electron chi connectivity index (χ3n) is 5.12. The van der Waals surface area contributed by atoms with Crippen molar-refractivity contribution in [3.05, 3.63) is 75.6 Å². The van der Waals surface area contributed by atoms with Crippen molar-refractivity contribution < 1.29 is 4.79 Å². The van der Waals surface area contributed by atoms with Crippen LogP contribution in [-0.2, 0) is 19.4 Å². The normalized spacial score (nSPS) is 12.3. The van der Waals surface area contributed by atoms with E-state index in [1.54, 1.807) is 17.1 Å². The molecule has 0 atom stereocenters. The van der Waals surface area contributed by atoms with Crippen molar-refractivity contribution in [3.8, 4) is 17.2 Å². The average molecular weight is 402 g/mol. The van der Waals surface area contributed by atoms with Crippen LogP contribution in [0.1, 0.15) is 32.2 Å². The summed E-state index contributed by atoms with van der Waals surface area (Å²) in [6.07, 6.45) is 7.08. The van der Waals surface area contributed by atoms with E-state index in [1.807, 2.05) is 24.6 Å². The summed E-state index contributed by atoms with van der Waals surface area (Å²) in [6, 6.07) is 8.32. The molecule has 1 amide bonds. The van der Waals surface area contributed by atoms with Gasteiger partial charge < -0.3 is 5.32 Å². The predicted octanol–water partition coefficient (Wildman–Crippen LogP) is 3.12. The summed E-state index contributed by atoms with van der Waals surface area (Å²) >= 11 is 1.51. The highest BCUT2D eigenvalue weighted by Gasteiger charge is 2.21. The summed E-state index contributed by atoms with van der Waals surface area (Å²) < 4.78 is 1.62. The summed E-state index contributed by atoms with van der Waals surface area (Å²) in [5.74, 6) is 0.282. The largest absolute Gasteiger partial charge is 0.345 e. The average Bonchev–Trinajstić information content (AvgIpc) is 3.41. The number of rotatable bonds is 4. The molecule has 0 fully saturated rings. The number of carbonyl (C=O) groups excluding carboxylic acids is 1. The molecule has 3 aromatic heterocycles. The summed E-state index contributed by atoms with van der Waals surface area (Å²) in [5.41, 5.74) is 5.72. The number of aryl methyl sites for hydroxylation is 2. The van der Waals surface area contributed by atoms with Crippen molar-refractivity contribution in [1.29, 1.82) is 0 Å². The zero-order valence-electron chi connectivity index (χ0n) is 15.8. The summed E-state index contributed by atoms with van der Waals surface area (Å²) in [4.78, 5) is 26.1. The van der Waals surface area contributed by atoms with Crippen LogP contribution >= 0.6 is 11.3 Å². The number of benzene rings is 1. The number of amides is 1. The van der Waals surface area contributed by atoms with E-state index in [0.29, 0.717) is 23.8 Å². The van der Waals surface area contributed by atoms with Crippen molar-refractivity contribution in [3.63, 3.8) is 0 Å². The summed E-state index contributed by atoms with van der Waals surface area (Å²) in [6.45, 7) is 2.25. The first-order chi connectivity index (χ1) is 14.2. The Balaban J connectivity index is 1.45. The Morgan fingerprint density at radius 1 is 1.17 bits per heavy atom. The van der Waals surface area contributed by atoms with Crippen molar-refractivity contribution in [2.45, 2.75) is 26.3 Å². The third kappa shape index (κ3) is 3.21. The number of carbonyl (C=O) groups is 1. The molecule has 1 aliphatic carbocycles. The second kappa shape index (κ2) is 7.21. The van der Waals surface area contributed by atoms with Gasteiger partial charge in [-0.2, -0.15) is 5.10 Å². The molecule has 0 bridgehead atoms. The molecule has 8 heteroatoms. The zero-order chi connectivity index (χ0) is 19.8. The Morgan fingerprint density at radius 2 is 2.03 bits per heavy atom. The Bertz CT molecular complexity index is 1200. The molecule has 0 spiro atoms. The number of hydrogen-bond acceptors (Lipinski definition) is 6. The predicted molar refractivity (Wildman–Crippen MR) is 110 cm³/mol. The van der Waals surface area contributed by atoms with Gasteiger partial charge in [-0.3, -0.25) is 4.79 Å². The molecule has 0 unspecified atom stereocenters. The highest BCUT2D eigenvalue weighted by atomic mass is 32.1. The van der Waals surface area contributed by atoms with Gasteiger partial charge in [-0.15, -0.1) is 11.3 Å². The topological polar surface area (TPSA) is 85.6 Å². The third-order valence-corrected chi connectivity index (χ3v) is 5.90. The smallest absolute Gasteiger partial charge is 0.255 e. The fourth-order valence-electron chi connectivity index (χ4n) is 3.58. The van der Waals surface area contributed by atoms with Crippen molar-refractivity contribution in [2.75, 3.05) is 0 Å². The monoisotopic (exact) mass is 402 g/mol. The first-order valence-electron chi connectivity index (χ1n) is 9.36. The number of fused-ring (bicyclic) bond motifs is 3. The maximum absolute atomic E-state index is 12.6. The highest BCUT2D eigenvalue weighted by Crippen LogP contribution is 2.31. The summed E-state index contributed by atoms with van der Waals surface area (Å²) in [7, 11) is 0. The fourth-order valence-corrected chi connectivity index (χ4v) is 4.14. The molecule has 4 aromatic rings.